The molecule has 28 heavy (non-hydrogen) atoms. The first-order valence-corrected chi connectivity index (χ1v) is 8.90. The molecule has 0 radical (unpaired) electrons. The maximum absolute atomic E-state index is 14.9. The lowest BCUT2D eigenvalue weighted by Crippen LogP contribution is -2.28. The van der Waals surface area contributed by atoms with Gasteiger partial charge in [-0.25, -0.2) is 14.2 Å². The van der Waals surface area contributed by atoms with Gasteiger partial charge in [-0.05, 0) is 18.9 Å². The third-order valence-corrected chi connectivity index (χ3v) is 5.04. The van der Waals surface area contributed by atoms with Gasteiger partial charge in [0.1, 0.15) is 11.2 Å². The van der Waals surface area contributed by atoms with E-state index in [1.54, 1.807) is 15.7 Å². The van der Waals surface area contributed by atoms with E-state index in [1.165, 1.54) is 13.3 Å². The Morgan fingerprint density at radius 3 is 2.86 bits per heavy atom. The average Bonchev–Trinajstić information content (AvgIpc) is 3.42. The van der Waals surface area contributed by atoms with E-state index in [9.17, 15) is 19.1 Å². The van der Waals surface area contributed by atoms with E-state index in [0.29, 0.717) is 18.8 Å². The number of carbonyl (C=O) groups is 1. The van der Waals surface area contributed by atoms with Crippen molar-refractivity contribution in [3.05, 3.63) is 45.8 Å². The highest BCUT2D eigenvalue weighted by atomic mass is 19.1. The summed E-state index contributed by atoms with van der Waals surface area (Å²) in [5.41, 5.74) is 8.37. The Labute approximate surface area is 159 Å². The molecule has 1 aliphatic carbocycles. The van der Waals surface area contributed by atoms with Crippen molar-refractivity contribution in [1.29, 1.82) is 0 Å². The number of carboxylic acid groups (broad SMARTS) is 1. The molecule has 9 nitrogen and oxygen atoms in total. The highest BCUT2D eigenvalue weighted by Gasteiger charge is 2.31. The lowest BCUT2D eigenvalue weighted by molar-refractivity contribution is 0.0695. The molecule has 3 heterocycles. The summed E-state index contributed by atoms with van der Waals surface area (Å²) >= 11 is 0. The number of rotatable bonds is 6. The molecule has 0 aromatic carbocycles. The van der Waals surface area contributed by atoms with E-state index >= 15 is 0 Å². The molecule has 2 aromatic heterocycles. The van der Waals surface area contributed by atoms with E-state index < -0.39 is 17.2 Å². The van der Waals surface area contributed by atoms with Crippen LogP contribution >= 0.6 is 0 Å². The molecule has 2 aliphatic rings. The molecule has 4 N–H and O–H groups in total. The maximum atomic E-state index is 14.9. The molecule has 0 spiro atoms. The molecule has 148 valence electrons. The molecule has 0 amide bonds. The summed E-state index contributed by atoms with van der Waals surface area (Å²) in [6.45, 7) is 0.737. The van der Waals surface area contributed by atoms with Crippen LogP contribution in [0.15, 0.2) is 29.0 Å². The molecule has 0 saturated heterocycles. The number of aromatic carboxylic acids is 1. The number of pyridine rings is 2. The molecule has 10 heteroatoms. The van der Waals surface area contributed by atoms with Crippen molar-refractivity contribution in [3.63, 3.8) is 0 Å². The standard InChI is InChI=1S/C18H20FN5O4/c1-28-22-14-8-23(6-9(14)5-20)17-13(19)4-11-15(25)12(18(26)27)7-24(10-2-3-10)16(11)21-17/h4,7-10,22H,2-3,5-6,20H2,1H3,(H,26,27). The Bertz CT molecular complexity index is 1050. The number of fused-ring (bicyclic) bond motifs is 1. The van der Waals surface area contributed by atoms with Crippen molar-refractivity contribution in [2.75, 3.05) is 25.1 Å². The van der Waals surface area contributed by atoms with Crippen molar-refractivity contribution in [2.24, 2.45) is 11.7 Å². The Hall–Kier alpha value is -2.98. The zero-order valence-electron chi connectivity index (χ0n) is 15.2. The van der Waals surface area contributed by atoms with Gasteiger partial charge in [-0.15, -0.1) is 0 Å². The van der Waals surface area contributed by atoms with Crippen molar-refractivity contribution in [2.45, 2.75) is 18.9 Å². The van der Waals surface area contributed by atoms with Crippen LogP contribution in [0.3, 0.4) is 0 Å². The number of nitrogens with one attached hydrogen (secondary N) is 1. The van der Waals surface area contributed by atoms with Gasteiger partial charge in [0.05, 0.1) is 18.2 Å². The van der Waals surface area contributed by atoms with Gasteiger partial charge in [-0.2, -0.15) is 0 Å². The third-order valence-electron chi connectivity index (χ3n) is 5.04. The minimum Gasteiger partial charge on any atom is -0.477 e. The monoisotopic (exact) mass is 389 g/mol. The average molecular weight is 389 g/mol. The topological polar surface area (TPSA) is 123 Å². The largest absolute Gasteiger partial charge is 0.477 e. The normalized spacial score (nSPS) is 19.2. The Morgan fingerprint density at radius 1 is 1.50 bits per heavy atom. The number of hydrogen-bond acceptors (Lipinski definition) is 7. The van der Waals surface area contributed by atoms with Gasteiger partial charge in [-0.1, -0.05) is 0 Å². The minimum atomic E-state index is -1.34. The summed E-state index contributed by atoms with van der Waals surface area (Å²) in [4.78, 5) is 34.9. The van der Waals surface area contributed by atoms with E-state index in [1.807, 2.05) is 0 Å². The summed E-state index contributed by atoms with van der Waals surface area (Å²) in [7, 11) is 1.47. The number of carboxylic acids is 1. The van der Waals surface area contributed by atoms with Crippen LogP contribution in [0, 0.1) is 11.7 Å². The van der Waals surface area contributed by atoms with E-state index in [2.05, 4.69) is 10.5 Å². The van der Waals surface area contributed by atoms with Crippen LogP contribution in [0.25, 0.3) is 11.0 Å². The predicted molar refractivity (Wildman–Crippen MR) is 99.3 cm³/mol. The molecular formula is C18H20FN5O4. The fourth-order valence-electron chi connectivity index (χ4n) is 3.46. The highest BCUT2D eigenvalue weighted by molar-refractivity contribution is 5.92. The van der Waals surface area contributed by atoms with Gasteiger partial charge >= 0.3 is 5.97 Å². The molecular weight excluding hydrogens is 369 g/mol. The molecule has 1 unspecified atom stereocenters. The second-order valence-electron chi connectivity index (χ2n) is 6.96. The van der Waals surface area contributed by atoms with E-state index in [0.717, 1.165) is 18.9 Å². The van der Waals surface area contributed by atoms with Crippen molar-refractivity contribution in [3.8, 4) is 0 Å². The fraction of sp³-hybridized carbons (Fsp3) is 0.389. The van der Waals surface area contributed by atoms with Gasteiger partial charge in [0.15, 0.2) is 11.6 Å². The van der Waals surface area contributed by atoms with Gasteiger partial charge < -0.3 is 20.3 Å². The quantitative estimate of drug-likeness (QED) is 0.624. The SMILES string of the molecule is CONC1=CN(c2nc3c(cc2F)c(=O)c(C(=O)O)cn3C2CC2)CC1CN. The highest BCUT2D eigenvalue weighted by Crippen LogP contribution is 2.37. The number of nitrogens with two attached hydrogens (primary N) is 1. The number of aromatic nitrogens is 2. The van der Waals surface area contributed by atoms with Crippen LogP contribution in [0.1, 0.15) is 29.2 Å². The molecule has 1 saturated carbocycles. The lowest BCUT2D eigenvalue weighted by atomic mass is 10.1. The second kappa shape index (κ2) is 6.88. The number of nitrogens with zero attached hydrogens (tertiary/aromatic N) is 3. The third kappa shape index (κ3) is 3.00. The first-order chi connectivity index (χ1) is 13.4. The van der Waals surface area contributed by atoms with Crippen LogP contribution in [0.2, 0.25) is 0 Å². The summed E-state index contributed by atoms with van der Waals surface area (Å²) in [6.07, 6.45) is 4.68. The van der Waals surface area contributed by atoms with Gasteiger partial charge in [-0.3, -0.25) is 15.1 Å². The molecule has 1 fully saturated rings. The van der Waals surface area contributed by atoms with Gasteiger partial charge in [0.2, 0.25) is 5.43 Å². The smallest absolute Gasteiger partial charge is 0.341 e. The Morgan fingerprint density at radius 2 is 2.25 bits per heavy atom. The first-order valence-electron chi connectivity index (χ1n) is 8.90. The van der Waals surface area contributed by atoms with Crippen LogP contribution in [-0.4, -0.2) is 40.8 Å². The molecule has 0 bridgehead atoms. The number of hydrogen-bond donors (Lipinski definition) is 3. The fourth-order valence-corrected chi connectivity index (χ4v) is 3.46. The first kappa shape index (κ1) is 18.4. The summed E-state index contributed by atoms with van der Waals surface area (Å²) in [5.74, 6) is -2.08. The number of hydroxylamine groups is 1. The van der Waals surface area contributed by atoms with Crippen LogP contribution < -0.4 is 21.5 Å². The number of halogens is 1. The maximum Gasteiger partial charge on any atom is 0.341 e. The summed E-state index contributed by atoms with van der Waals surface area (Å²) < 4.78 is 16.5. The van der Waals surface area contributed by atoms with E-state index in [4.69, 9.17) is 10.6 Å². The van der Waals surface area contributed by atoms with Crippen LogP contribution in [0.5, 0.6) is 0 Å². The van der Waals surface area contributed by atoms with Gasteiger partial charge in [0.25, 0.3) is 0 Å². The zero-order valence-corrected chi connectivity index (χ0v) is 15.2. The Balaban J connectivity index is 1.87. The minimum absolute atomic E-state index is 0.0400. The van der Waals surface area contributed by atoms with Gasteiger partial charge in [0, 0.05) is 37.4 Å². The molecule has 4 rings (SSSR count). The zero-order chi connectivity index (χ0) is 20.0. The van der Waals surface area contributed by atoms with Crippen LogP contribution in [0.4, 0.5) is 10.2 Å². The van der Waals surface area contributed by atoms with Crippen molar-refractivity contribution < 1.29 is 19.1 Å². The second-order valence-corrected chi connectivity index (χ2v) is 6.96. The molecule has 2 aromatic rings. The predicted octanol–water partition coefficient (Wildman–Crippen LogP) is 0.956. The molecule has 1 aliphatic heterocycles. The lowest BCUT2D eigenvalue weighted by Gasteiger charge is -2.19. The van der Waals surface area contributed by atoms with Crippen LogP contribution in [-0.2, 0) is 4.84 Å². The van der Waals surface area contributed by atoms with E-state index in [-0.39, 0.29) is 34.4 Å². The van der Waals surface area contributed by atoms with Crippen molar-refractivity contribution >= 4 is 22.8 Å². The van der Waals surface area contributed by atoms with Crippen molar-refractivity contribution in [1.82, 2.24) is 15.0 Å². The summed E-state index contributed by atoms with van der Waals surface area (Å²) in [5, 5.41) is 9.27. The Kier molecular flexibility index (Phi) is 4.52. The molecule has 1 atom stereocenters. The summed E-state index contributed by atoms with van der Waals surface area (Å²) in [6, 6.07) is 1.13. The number of anilines is 1.